The van der Waals surface area contributed by atoms with Gasteiger partial charge in [0.25, 0.3) is 0 Å². The summed E-state index contributed by atoms with van der Waals surface area (Å²) in [5.41, 5.74) is -0.000959. The molecule has 120 valence electrons. The van der Waals surface area contributed by atoms with Crippen LogP contribution in [0.1, 0.15) is 27.2 Å². The molecule has 5 nitrogen and oxygen atoms in total. The summed E-state index contributed by atoms with van der Waals surface area (Å²) in [4.78, 5) is 6.94. The van der Waals surface area contributed by atoms with Gasteiger partial charge in [0.2, 0.25) is 0 Å². The Morgan fingerprint density at radius 2 is 1.81 bits per heavy atom. The van der Waals surface area contributed by atoms with Gasteiger partial charge in [0.15, 0.2) is 0 Å². The highest BCUT2D eigenvalue weighted by Crippen LogP contribution is 2.17. The normalized spacial score (nSPS) is 11.5. The number of rotatable bonds is 9. The van der Waals surface area contributed by atoms with Gasteiger partial charge in [-0.1, -0.05) is 6.07 Å². The molecular weight excluding hydrogens is 266 g/mol. The minimum Gasteiger partial charge on any atom is -0.385 e. The van der Waals surface area contributed by atoms with Crippen LogP contribution in [0, 0.1) is 0 Å². The number of pyridine rings is 1. The number of nitrogens with one attached hydrogen (secondary N) is 1. The molecule has 0 saturated heterocycles. The number of nitrogens with zero attached hydrogens (tertiary/aromatic N) is 2. The SMILES string of the molecule is COCCCN(CCOC)c1cccc(NC(C)(C)C)n1. The Morgan fingerprint density at radius 1 is 1.10 bits per heavy atom. The lowest BCUT2D eigenvalue weighted by molar-refractivity contribution is 0.191. The quantitative estimate of drug-likeness (QED) is 0.710. The highest BCUT2D eigenvalue weighted by molar-refractivity contribution is 5.48. The van der Waals surface area contributed by atoms with Crippen molar-refractivity contribution in [3.63, 3.8) is 0 Å². The molecule has 0 bridgehead atoms. The molecule has 0 atom stereocenters. The zero-order valence-corrected chi connectivity index (χ0v) is 14.0. The molecule has 0 aromatic carbocycles. The number of hydrogen-bond acceptors (Lipinski definition) is 5. The molecule has 0 aliphatic rings. The number of ether oxygens (including phenoxy) is 2. The van der Waals surface area contributed by atoms with Crippen LogP contribution in [0.5, 0.6) is 0 Å². The average molecular weight is 295 g/mol. The summed E-state index contributed by atoms with van der Waals surface area (Å²) in [6.07, 6.45) is 0.971. The van der Waals surface area contributed by atoms with Crippen molar-refractivity contribution in [3.05, 3.63) is 18.2 Å². The summed E-state index contributed by atoms with van der Waals surface area (Å²) >= 11 is 0. The fraction of sp³-hybridized carbons (Fsp3) is 0.688. The third-order valence-corrected chi connectivity index (χ3v) is 2.90. The second-order valence-electron chi connectivity index (χ2n) is 6.08. The third-order valence-electron chi connectivity index (χ3n) is 2.90. The molecular formula is C16H29N3O2. The van der Waals surface area contributed by atoms with Gasteiger partial charge >= 0.3 is 0 Å². The summed E-state index contributed by atoms with van der Waals surface area (Å²) in [5.74, 6) is 1.87. The molecule has 1 heterocycles. The topological polar surface area (TPSA) is 46.6 Å². The molecule has 0 radical (unpaired) electrons. The van der Waals surface area contributed by atoms with Crippen molar-refractivity contribution in [1.82, 2.24) is 4.98 Å². The molecule has 0 unspecified atom stereocenters. The van der Waals surface area contributed by atoms with Crippen LogP contribution >= 0.6 is 0 Å². The van der Waals surface area contributed by atoms with Crippen LogP contribution < -0.4 is 10.2 Å². The van der Waals surface area contributed by atoms with E-state index >= 15 is 0 Å². The molecule has 1 aromatic rings. The van der Waals surface area contributed by atoms with E-state index in [4.69, 9.17) is 14.5 Å². The van der Waals surface area contributed by atoms with Gasteiger partial charge in [-0.05, 0) is 39.3 Å². The first-order valence-corrected chi connectivity index (χ1v) is 7.44. The van der Waals surface area contributed by atoms with Gasteiger partial charge in [-0.25, -0.2) is 4.98 Å². The highest BCUT2D eigenvalue weighted by Gasteiger charge is 2.12. The molecule has 21 heavy (non-hydrogen) atoms. The number of aromatic nitrogens is 1. The van der Waals surface area contributed by atoms with Gasteiger partial charge in [-0.15, -0.1) is 0 Å². The highest BCUT2D eigenvalue weighted by atomic mass is 16.5. The lowest BCUT2D eigenvalue weighted by Crippen LogP contribution is -2.31. The van der Waals surface area contributed by atoms with E-state index in [0.717, 1.165) is 37.8 Å². The van der Waals surface area contributed by atoms with E-state index < -0.39 is 0 Å². The van der Waals surface area contributed by atoms with Crippen LogP contribution in [0.3, 0.4) is 0 Å². The van der Waals surface area contributed by atoms with Gasteiger partial charge in [0.05, 0.1) is 6.61 Å². The Bertz CT molecular complexity index is 405. The van der Waals surface area contributed by atoms with Crippen molar-refractivity contribution in [3.8, 4) is 0 Å². The third kappa shape index (κ3) is 7.29. The molecule has 1 rings (SSSR count). The second-order valence-corrected chi connectivity index (χ2v) is 6.08. The lowest BCUT2D eigenvalue weighted by Gasteiger charge is -2.26. The summed E-state index contributed by atoms with van der Waals surface area (Å²) in [7, 11) is 3.45. The van der Waals surface area contributed by atoms with Crippen molar-refractivity contribution in [1.29, 1.82) is 0 Å². The molecule has 0 spiro atoms. The van der Waals surface area contributed by atoms with Crippen molar-refractivity contribution in [2.45, 2.75) is 32.7 Å². The van der Waals surface area contributed by atoms with Crippen molar-refractivity contribution >= 4 is 11.6 Å². The van der Waals surface area contributed by atoms with Crippen LogP contribution in [0.4, 0.5) is 11.6 Å². The maximum atomic E-state index is 5.19. The smallest absolute Gasteiger partial charge is 0.131 e. The van der Waals surface area contributed by atoms with Crippen LogP contribution in [0.15, 0.2) is 18.2 Å². The molecule has 0 saturated carbocycles. The van der Waals surface area contributed by atoms with E-state index in [2.05, 4.69) is 31.0 Å². The van der Waals surface area contributed by atoms with Crippen molar-refractivity contribution in [2.24, 2.45) is 0 Å². The first-order valence-electron chi connectivity index (χ1n) is 7.44. The minimum absolute atomic E-state index is 0.000959. The van der Waals surface area contributed by atoms with Gasteiger partial charge < -0.3 is 19.7 Å². The second kappa shape index (κ2) is 8.85. The average Bonchev–Trinajstić information content (AvgIpc) is 2.41. The summed E-state index contributed by atoms with van der Waals surface area (Å²) < 4.78 is 10.3. The van der Waals surface area contributed by atoms with E-state index in [1.54, 1.807) is 14.2 Å². The Balaban J connectivity index is 2.77. The van der Waals surface area contributed by atoms with E-state index in [9.17, 15) is 0 Å². The van der Waals surface area contributed by atoms with Crippen molar-refractivity contribution < 1.29 is 9.47 Å². The molecule has 5 heteroatoms. The van der Waals surface area contributed by atoms with Gasteiger partial charge in [-0.2, -0.15) is 0 Å². The number of hydrogen-bond donors (Lipinski definition) is 1. The Morgan fingerprint density at radius 3 is 2.43 bits per heavy atom. The van der Waals surface area contributed by atoms with E-state index in [-0.39, 0.29) is 5.54 Å². The van der Waals surface area contributed by atoms with Gasteiger partial charge in [-0.3, -0.25) is 0 Å². The van der Waals surface area contributed by atoms with E-state index in [1.165, 1.54) is 0 Å². The Kier molecular flexibility index (Phi) is 7.47. The summed E-state index contributed by atoms with van der Waals surface area (Å²) in [6.45, 7) is 9.55. The fourth-order valence-corrected chi connectivity index (χ4v) is 2.00. The molecule has 1 aromatic heterocycles. The standard InChI is InChI=1S/C16H29N3O2/c1-16(2,3)18-14-8-6-9-15(17-14)19(11-13-21-5)10-7-12-20-4/h6,8-9H,7,10-13H2,1-5H3,(H,17,18). The maximum Gasteiger partial charge on any atom is 0.131 e. The minimum atomic E-state index is -0.000959. The van der Waals surface area contributed by atoms with Gasteiger partial charge in [0.1, 0.15) is 11.6 Å². The summed E-state index contributed by atoms with van der Waals surface area (Å²) in [5, 5.41) is 3.41. The van der Waals surface area contributed by atoms with Crippen molar-refractivity contribution in [2.75, 3.05) is 50.7 Å². The zero-order chi connectivity index (χ0) is 15.7. The monoisotopic (exact) mass is 295 g/mol. The lowest BCUT2D eigenvalue weighted by atomic mass is 10.1. The first-order chi connectivity index (χ1) is 9.96. The first kappa shape index (κ1) is 17.7. The predicted octanol–water partition coefficient (Wildman–Crippen LogP) is 2.78. The largest absolute Gasteiger partial charge is 0.385 e. The summed E-state index contributed by atoms with van der Waals surface area (Å²) in [6, 6.07) is 6.07. The van der Waals surface area contributed by atoms with E-state index in [1.807, 2.05) is 18.2 Å². The molecule has 0 fully saturated rings. The number of methoxy groups -OCH3 is 2. The Labute approximate surface area is 128 Å². The maximum absolute atomic E-state index is 5.19. The van der Waals surface area contributed by atoms with Crippen LogP contribution in [-0.4, -0.2) is 51.0 Å². The predicted molar refractivity (Wildman–Crippen MR) is 88.2 cm³/mol. The molecule has 0 aliphatic heterocycles. The van der Waals surface area contributed by atoms with Gasteiger partial charge in [0, 0.05) is 39.5 Å². The Hall–Kier alpha value is -1.33. The molecule has 0 amide bonds. The zero-order valence-electron chi connectivity index (χ0n) is 14.0. The van der Waals surface area contributed by atoms with E-state index in [0.29, 0.717) is 6.61 Å². The van der Waals surface area contributed by atoms with Crippen LogP contribution in [-0.2, 0) is 9.47 Å². The fourth-order valence-electron chi connectivity index (χ4n) is 2.00. The molecule has 1 N–H and O–H groups in total. The van der Waals surface area contributed by atoms with Crippen LogP contribution in [0.25, 0.3) is 0 Å². The van der Waals surface area contributed by atoms with Crippen LogP contribution in [0.2, 0.25) is 0 Å². The molecule has 0 aliphatic carbocycles. The number of anilines is 2.